The van der Waals surface area contributed by atoms with Crippen molar-refractivity contribution in [2.75, 3.05) is 31.1 Å². The number of urea groups is 1. The van der Waals surface area contributed by atoms with Gasteiger partial charge in [-0.1, -0.05) is 0 Å². The number of aliphatic hydroxyl groups is 1. The first-order chi connectivity index (χ1) is 13.8. The minimum Gasteiger partial charge on any atom is -0.475 e. The van der Waals surface area contributed by atoms with Gasteiger partial charge < -0.3 is 25.0 Å². The second kappa shape index (κ2) is 7.48. The third kappa shape index (κ3) is 3.90. The molecule has 1 aromatic rings. The molecule has 1 saturated carbocycles. The summed E-state index contributed by atoms with van der Waals surface area (Å²) in [5.41, 5.74) is -0.525. The van der Waals surface area contributed by atoms with Crippen molar-refractivity contribution in [2.24, 2.45) is 5.41 Å². The van der Waals surface area contributed by atoms with Crippen molar-refractivity contribution in [3.05, 3.63) is 18.3 Å². The highest BCUT2D eigenvalue weighted by Crippen LogP contribution is 2.48. The standard InChI is InChI=1S/C21H30N4O4/c1-15(2)29-17-4-3-16(13-23-17)25-11-9-20(18(25)26)5-7-21(28,8-6-20)14-24-12-10-22-19(24)27/h3-4,13,15,28H,5-12,14H2,1-2H3,(H,22,27). The third-order valence-electron chi connectivity index (χ3n) is 6.47. The van der Waals surface area contributed by atoms with Gasteiger partial charge in [-0.3, -0.25) is 4.79 Å². The van der Waals surface area contributed by atoms with E-state index in [9.17, 15) is 14.7 Å². The SMILES string of the molecule is CC(C)Oc1ccc(N2CCC3(CCC(O)(CN4CCNC4=O)CC3)C2=O)cn1. The molecule has 2 aliphatic heterocycles. The van der Waals surface area contributed by atoms with Crippen LogP contribution in [0.15, 0.2) is 18.3 Å². The van der Waals surface area contributed by atoms with E-state index in [-0.39, 0.29) is 18.0 Å². The minimum absolute atomic E-state index is 0.0534. The molecule has 2 N–H and O–H groups in total. The largest absolute Gasteiger partial charge is 0.475 e. The van der Waals surface area contributed by atoms with Crippen molar-refractivity contribution in [2.45, 2.75) is 57.7 Å². The van der Waals surface area contributed by atoms with Crippen molar-refractivity contribution in [1.29, 1.82) is 0 Å². The highest BCUT2D eigenvalue weighted by atomic mass is 16.5. The molecule has 3 heterocycles. The summed E-state index contributed by atoms with van der Waals surface area (Å²) >= 11 is 0. The van der Waals surface area contributed by atoms with E-state index < -0.39 is 11.0 Å². The van der Waals surface area contributed by atoms with Crippen LogP contribution in [0.1, 0.15) is 46.0 Å². The Morgan fingerprint density at radius 2 is 1.93 bits per heavy atom. The van der Waals surface area contributed by atoms with Crippen molar-refractivity contribution < 1.29 is 19.4 Å². The quantitative estimate of drug-likeness (QED) is 0.785. The molecule has 3 fully saturated rings. The Balaban J connectivity index is 1.39. The second-order valence-electron chi connectivity index (χ2n) is 8.89. The number of nitrogens with zero attached hydrogens (tertiary/aromatic N) is 3. The Labute approximate surface area is 171 Å². The van der Waals surface area contributed by atoms with Crippen molar-refractivity contribution >= 4 is 17.6 Å². The first kappa shape index (κ1) is 19.9. The Hall–Kier alpha value is -2.35. The van der Waals surface area contributed by atoms with Gasteiger partial charge in [-0.05, 0) is 52.0 Å². The van der Waals surface area contributed by atoms with Crippen LogP contribution in [0.25, 0.3) is 0 Å². The van der Waals surface area contributed by atoms with E-state index in [0.29, 0.717) is 57.7 Å². The molecule has 4 rings (SSSR count). The fraction of sp³-hybridized carbons (Fsp3) is 0.667. The zero-order valence-corrected chi connectivity index (χ0v) is 17.2. The van der Waals surface area contributed by atoms with Gasteiger partial charge in [0.05, 0.1) is 35.5 Å². The smallest absolute Gasteiger partial charge is 0.317 e. The van der Waals surface area contributed by atoms with Crippen LogP contribution in [0.2, 0.25) is 0 Å². The zero-order chi connectivity index (χ0) is 20.6. The summed E-state index contributed by atoms with van der Waals surface area (Å²) < 4.78 is 5.58. The van der Waals surface area contributed by atoms with Crippen molar-refractivity contribution in [1.82, 2.24) is 15.2 Å². The van der Waals surface area contributed by atoms with Gasteiger partial charge in [-0.25, -0.2) is 9.78 Å². The lowest BCUT2D eigenvalue weighted by atomic mass is 9.67. The predicted octanol–water partition coefficient (Wildman–Crippen LogP) is 1.92. The third-order valence-corrected chi connectivity index (χ3v) is 6.47. The van der Waals surface area contributed by atoms with Crippen LogP contribution in [-0.2, 0) is 4.79 Å². The van der Waals surface area contributed by atoms with E-state index in [1.165, 1.54) is 0 Å². The van der Waals surface area contributed by atoms with Gasteiger partial charge in [-0.15, -0.1) is 0 Å². The molecule has 0 aromatic carbocycles. The number of carbonyl (C=O) groups excluding carboxylic acids is 2. The molecule has 1 aromatic heterocycles. The van der Waals surface area contributed by atoms with Crippen LogP contribution in [0.3, 0.4) is 0 Å². The molecular formula is C21H30N4O4. The number of amides is 3. The number of ether oxygens (including phenoxy) is 1. The maximum atomic E-state index is 13.3. The molecule has 2 saturated heterocycles. The monoisotopic (exact) mass is 402 g/mol. The molecule has 29 heavy (non-hydrogen) atoms. The van der Waals surface area contributed by atoms with Crippen molar-refractivity contribution in [3.63, 3.8) is 0 Å². The van der Waals surface area contributed by atoms with E-state index in [1.54, 1.807) is 17.2 Å². The molecule has 0 radical (unpaired) electrons. The Morgan fingerprint density at radius 3 is 2.52 bits per heavy atom. The number of aromatic nitrogens is 1. The maximum Gasteiger partial charge on any atom is 0.317 e. The highest BCUT2D eigenvalue weighted by molar-refractivity contribution is 5.99. The van der Waals surface area contributed by atoms with Gasteiger partial charge in [0.25, 0.3) is 0 Å². The van der Waals surface area contributed by atoms with Gasteiger partial charge in [0.15, 0.2) is 0 Å². The number of β-amino-alcohol motifs (C(OH)–C–C–N with tert-alkyl or cyclic N) is 1. The lowest BCUT2D eigenvalue weighted by Gasteiger charge is -2.42. The summed E-state index contributed by atoms with van der Waals surface area (Å²) in [4.78, 5) is 32.9. The first-order valence-electron chi connectivity index (χ1n) is 10.5. The number of carbonyl (C=O) groups is 2. The summed E-state index contributed by atoms with van der Waals surface area (Å²) in [6.07, 6.45) is 4.91. The summed E-state index contributed by atoms with van der Waals surface area (Å²) in [6, 6.07) is 3.57. The molecule has 0 bridgehead atoms. The molecule has 0 unspecified atom stereocenters. The molecule has 0 atom stereocenters. The van der Waals surface area contributed by atoms with Crippen LogP contribution >= 0.6 is 0 Å². The van der Waals surface area contributed by atoms with Crippen molar-refractivity contribution in [3.8, 4) is 5.88 Å². The normalized spacial score (nSPS) is 29.8. The van der Waals surface area contributed by atoms with Crippen LogP contribution in [0.5, 0.6) is 5.88 Å². The average molecular weight is 402 g/mol. The van der Waals surface area contributed by atoms with E-state index in [4.69, 9.17) is 4.74 Å². The number of anilines is 1. The Bertz CT molecular complexity index is 771. The topological polar surface area (TPSA) is 95.0 Å². The minimum atomic E-state index is -0.905. The molecule has 8 heteroatoms. The summed E-state index contributed by atoms with van der Waals surface area (Å²) in [6.45, 7) is 6.16. The van der Waals surface area contributed by atoms with Gasteiger partial charge in [0.2, 0.25) is 11.8 Å². The number of hydrogen-bond donors (Lipinski definition) is 2. The molecule has 3 amide bonds. The van der Waals surface area contributed by atoms with E-state index in [2.05, 4.69) is 10.3 Å². The molecule has 1 aliphatic carbocycles. The lowest BCUT2D eigenvalue weighted by Crippen LogP contribution is -2.50. The molecular weight excluding hydrogens is 372 g/mol. The van der Waals surface area contributed by atoms with Gasteiger partial charge in [0.1, 0.15) is 0 Å². The number of rotatable bonds is 5. The fourth-order valence-electron chi connectivity index (χ4n) is 4.74. The lowest BCUT2D eigenvalue weighted by molar-refractivity contribution is -0.131. The summed E-state index contributed by atoms with van der Waals surface area (Å²) in [5, 5.41) is 13.8. The van der Waals surface area contributed by atoms with Gasteiger partial charge >= 0.3 is 6.03 Å². The number of hydrogen-bond acceptors (Lipinski definition) is 5. The number of nitrogens with one attached hydrogen (secondary N) is 1. The first-order valence-corrected chi connectivity index (χ1v) is 10.5. The zero-order valence-electron chi connectivity index (χ0n) is 17.2. The molecule has 1 spiro atoms. The summed E-state index contributed by atoms with van der Waals surface area (Å²) in [5.74, 6) is 0.677. The van der Waals surface area contributed by atoms with Crippen LogP contribution in [0.4, 0.5) is 10.5 Å². The highest BCUT2D eigenvalue weighted by Gasteiger charge is 2.52. The fourth-order valence-corrected chi connectivity index (χ4v) is 4.74. The van der Waals surface area contributed by atoms with E-state index >= 15 is 0 Å². The van der Waals surface area contributed by atoms with E-state index in [1.807, 2.05) is 24.8 Å². The Morgan fingerprint density at radius 1 is 1.17 bits per heavy atom. The maximum absolute atomic E-state index is 13.3. The predicted molar refractivity (Wildman–Crippen MR) is 108 cm³/mol. The molecule has 3 aliphatic rings. The van der Waals surface area contributed by atoms with Crippen LogP contribution < -0.4 is 15.0 Å². The van der Waals surface area contributed by atoms with E-state index in [0.717, 1.165) is 12.1 Å². The summed E-state index contributed by atoms with van der Waals surface area (Å²) in [7, 11) is 0. The molecule has 158 valence electrons. The Kier molecular flexibility index (Phi) is 5.14. The van der Waals surface area contributed by atoms with Crippen LogP contribution in [0, 0.1) is 5.41 Å². The van der Waals surface area contributed by atoms with Gasteiger partial charge in [0, 0.05) is 25.7 Å². The molecule has 8 nitrogen and oxygen atoms in total. The average Bonchev–Trinajstić information content (AvgIpc) is 3.22. The number of pyridine rings is 1. The van der Waals surface area contributed by atoms with Crippen LogP contribution in [-0.4, -0.2) is 64.8 Å². The van der Waals surface area contributed by atoms with Gasteiger partial charge in [-0.2, -0.15) is 0 Å². The second-order valence-corrected chi connectivity index (χ2v) is 8.89.